The second-order valence-electron chi connectivity index (χ2n) is 6.46. The molecule has 1 aromatic heterocycles. The first-order chi connectivity index (χ1) is 10.1. The third kappa shape index (κ3) is 4.35. The van der Waals surface area contributed by atoms with E-state index in [2.05, 4.69) is 4.98 Å². The monoisotopic (exact) mass is 361 g/mol. The number of hydrogen-bond donors (Lipinski definition) is 2. The molecule has 2 fully saturated rings. The molecule has 23 heavy (non-hydrogen) atoms. The number of amides is 1. The molecule has 0 bridgehead atoms. The zero-order chi connectivity index (χ0) is 14.9. The molecule has 3 N–H and O–H groups in total. The number of pyridine rings is 1. The number of nitrogens with two attached hydrogens (primary N) is 1. The Balaban J connectivity index is 0.00000132. The second kappa shape index (κ2) is 8.29. The van der Waals surface area contributed by atoms with Crippen LogP contribution in [0.1, 0.15) is 31.2 Å². The smallest absolute Gasteiger partial charge is 0.242 e. The molecule has 3 rings (SSSR count). The zero-order valence-electron chi connectivity index (χ0n) is 13.1. The quantitative estimate of drug-likeness (QED) is 0.855. The maximum Gasteiger partial charge on any atom is 0.242 e. The van der Waals surface area contributed by atoms with Gasteiger partial charge in [0.25, 0.3) is 0 Å². The highest BCUT2D eigenvalue weighted by Gasteiger charge is 2.43. The molecule has 0 radical (unpaired) electrons. The first-order valence-electron chi connectivity index (χ1n) is 7.74. The number of aliphatic hydroxyl groups excluding tert-OH is 1. The van der Waals surface area contributed by atoms with E-state index >= 15 is 0 Å². The van der Waals surface area contributed by atoms with Crippen molar-refractivity contribution in [2.45, 2.75) is 43.7 Å². The maximum absolute atomic E-state index is 12.6. The van der Waals surface area contributed by atoms with Crippen molar-refractivity contribution in [3.8, 4) is 0 Å². The summed E-state index contributed by atoms with van der Waals surface area (Å²) in [6, 6.07) is 3.91. The minimum Gasteiger partial charge on any atom is -0.391 e. The Morgan fingerprint density at radius 2 is 1.87 bits per heavy atom. The van der Waals surface area contributed by atoms with Gasteiger partial charge in [-0.05, 0) is 37.0 Å². The molecule has 1 amide bonds. The van der Waals surface area contributed by atoms with E-state index in [0.717, 1.165) is 37.7 Å². The highest BCUT2D eigenvalue weighted by Crippen LogP contribution is 2.31. The molecule has 2 atom stereocenters. The average molecular weight is 362 g/mol. The Hall–Kier alpha value is -0.880. The lowest BCUT2D eigenvalue weighted by atomic mass is 9.96. The molecule has 0 aromatic carbocycles. The van der Waals surface area contributed by atoms with Gasteiger partial charge in [0.1, 0.15) is 0 Å². The Kier molecular flexibility index (Phi) is 7.27. The van der Waals surface area contributed by atoms with E-state index in [9.17, 15) is 9.90 Å². The van der Waals surface area contributed by atoms with Gasteiger partial charge >= 0.3 is 0 Å². The molecular formula is C16H25Cl2N3O2. The molecule has 130 valence electrons. The van der Waals surface area contributed by atoms with Crippen molar-refractivity contribution in [1.82, 2.24) is 9.88 Å². The number of carbonyl (C=O) groups excluding carboxylic acids is 1. The van der Waals surface area contributed by atoms with Crippen molar-refractivity contribution in [2.24, 2.45) is 11.7 Å². The van der Waals surface area contributed by atoms with Crippen LogP contribution in [0.3, 0.4) is 0 Å². The molecule has 1 saturated heterocycles. The van der Waals surface area contributed by atoms with E-state index in [1.54, 1.807) is 17.3 Å². The SMILES string of the molecule is Cl.Cl.NC1(C(=O)N2C[C@@H](Cc3ccncc3)[C@@H](O)C2)CCCC1. The number of carbonyl (C=O) groups is 1. The largest absolute Gasteiger partial charge is 0.391 e. The van der Waals surface area contributed by atoms with Crippen LogP contribution in [0.4, 0.5) is 0 Å². The van der Waals surface area contributed by atoms with Crippen LogP contribution in [0.25, 0.3) is 0 Å². The molecule has 2 aliphatic rings. The van der Waals surface area contributed by atoms with Crippen LogP contribution in [0.2, 0.25) is 0 Å². The lowest BCUT2D eigenvalue weighted by Crippen LogP contribution is -2.53. The summed E-state index contributed by atoms with van der Waals surface area (Å²) >= 11 is 0. The summed E-state index contributed by atoms with van der Waals surface area (Å²) in [5.74, 6) is 0.109. The van der Waals surface area contributed by atoms with Gasteiger partial charge < -0.3 is 15.7 Å². The Bertz CT molecular complexity index is 509. The third-order valence-electron chi connectivity index (χ3n) is 4.86. The lowest BCUT2D eigenvalue weighted by Gasteiger charge is -2.28. The average Bonchev–Trinajstić information content (AvgIpc) is 3.07. The summed E-state index contributed by atoms with van der Waals surface area (Å²) < 4.78 is 0. The van der Waals surface area contributed by atoms with Crippen molar-refractivity contribution in [2.75, 3.05) is 13.1 Å². The minimum atomic E-state index is -0.689. The van der Waals surface area contributed by atoms with Gasteiger partial charge in [-0.3, -0.25) is 9.78 Å². The van der Waals surface area contributed by atoms with E-state index in [0.29, 0.717) is 13.1 Å². The maximum atomic E-state index is 12.6. The van der Waals surface area contributed by atoms with Gasteiger partial charge in [-0.25, -0.2) is 0 Å². The Labute approximate surface area is 149 Å². The fourth-order valence-electron chi connectivity index (χ4n) is 3.58. The van der Waals surface area contributed by atoms with Crippen LogP contribution >= 0.6 is 24.8 Å². The van der Waals surface area contributed by atoms with Crippen LogP contribution < -0.4 is 5.73 Å². The molecule has 5 nitrogen and oxygen atoms in total. The number of nitrogens with zero attached hydrogens (tertiary/aromatic N) is 2. The summed E-state index contributed by atoms with van der Waals surface area (Å²) in [7, 11) is 0. The number of rotatable bonds is 3. The van der Waals surface area contributed by atoms with E-state index in [-0.39, 0.29) is 36.6 Å². The van der Waals surface area contributed by atoms with E-state index in [4.69, 9.17) is 5.73 Å². The standard InChI is InChI=1S/C16H23N3O2.2ClH/c17-16(5-1-2-6-16)15(21)19-10-13(14(20)11-19)9-12-3-7-18-8-4-12;;/h3-4,7-8,13-14,20H,1-2,5-6,9-11,17H2;2*1H/t13-,14+;;/m1../s1. The summed E-state index contributed by atoms with van der Waals surface area (Å²) in [4.78, 5) is 18.4. The van der Waals surface area contributed by atoms with Gasteiger partial charge in [0.15, 0.2) is 0 Å². The predicted octanol–water partition coefficient (Wildman–Crippen LogP) is 1.56. The summed E-state index contributed by atoms with van der Waals surface area (Å²) in [5, 5.41) is 10.2. The molecule has 1 aliphatic carbocycles. The van der Waals surface area contributed by atoms with Crippen LogP contribution in [-0.2, 0) is 11.2 Å². The fraction of sp³-hybridized carbons (Fsp3) is 0.625. The second-order valence-corrected chi connectivity index (χ2v) is 6.46. The van der Waals surface area contributed by atoms with Crippen LogP contribution in [0, 0.1) is 5.92 Å². The molecule has 1 aliphatic heterocycles. The molecule has 1 aromatic rings. The van der Waals surface area contributed by atoms with Gasteiger partial charge in [0.2, 0.25) is 5.91 Å². The molecule has 7 heteroatoms. The highest BCUT2D eigenvalue weighted by molar-refractivity contribution is 5.86. The number of β-amino-alcohol motifs (C(OH)–C–C–N with tert-alkyl or cyclic N) is 1. The molecule has 1 saturated carbocycles. The van der Waals surface area contributed by atoms with Gasteiger partial charge in [0, 0.05) is 31.4 Å². The van der Waals surface area contributed by atoms with Crippen molar-refractivity contribution in [3.05, 3.63) is 30.1 Å². The molecule has 2 heterocycles. The van der Waals surface area contributed by atoms with Crippen molar-refractivity contribution >= 4 is 30.7 Å². The molecule has 0 unspecified atom stereocenters. The van der Waals surface area contributed by atoms with Crippen LogP contribution in [0.15, 0.2) is 24.5 Å². The fourth-order valence-corrected chi connectivity index (χ4v) is 3.58. The Morgan fingerprint density at radius 1 is 1.26 bits per heavy atom. The van der Waals surface area contributed by atoms with E-state index < -0.39 is 11.6 Å². The third-order valence-corrected chi connectivity index (χ3v) is 4.86. The zero-order valence-corrected chi connectivity index (χ0v) is 14.7. The minimum absolute atomic E-state index is 0. The van der Waals surface area contributed by atoms with E-state index in [1.165, 1.54) is 0 Å². The van der Waals surface area contributed by atoms with E-state index in [1.807, 2.05) is 12.1 Å². The first-order valence-corrected chi connectivity index (χ1v) is 7.74. The van der Waals surface area contributed by atoms with Crippen LogP contribution in [-0.4, -0.2) is 45.6 Å². The van der Waals surface area contributed by atoms with Gasteiger partial charge in [0.05, 0.1) is 11.6 Å². The van der Waals surface area contributed by atoms with Gasteiger partial charge in [-0.1, -0.05) is 12.8 Å². The topological polar surface area (TPSA) is 79.5 Å². The molecular weight excluding hydrogens is 337 g/mol. The number of likely N-dealkylation sites (tertiary alicyclic amines) is 1. The number of aromatic nitrogens is 1. The predicted molar refractivity (Wildman–Crippen MR) is 93.9 cm³/mol. The number of hydrogen-bond acceptors (Lipinski definition) is 4. The summed E-state index contributed by atoms with van der Waals surface area (Å²) in [6.07, 6.45) is 7.41. The Morgan fingerprint density at radius 3 is 2.48 bits per heavy atom. The lowest BCUT2D eigenvalue weighted by molar-refractivity contribution is -0.136. The highest BCUT2D eigenvalue weighted by atomic mass is 35.5. The number of halogens is 2. The summed E-state index contributed by atoms with van der Waals surface area (Å²) in [6.45, 7) is 1.01. The summed E-state index contributed by atoms with van der Waals surface area (Å²) in [5.41, 5.74) is 6.70. The van der Waals surface area contributed by atoms with Gasteiger partial charge in [-0.2, -0.15) is 0 Å². The van der Waals surface area contributed by atoms with Crippen molar-refractivity contribution < 1.29 is 9.90 Å². The molecule has 0 spiro atoms. The van der Waals surface area contributed by atoms with Crippen molar-refractivity contribution in [3.63, 3.8) is 0 Å². The van der Waals surface area contributed by atoms with Crippen LogP contribution in [0.5, 0.6) is 0 Å². The normalized spacial score (nSPS) is 25.6. The van der Waals surface area contributed by atoms with Crippen molar-refractivity contribution in [1.29, 1.82) is 0 Å². The van der Waals surface area contributed by atoms with Gasteiger partial charge in [-0.15, -0.1) is 24.8 Å². The number of aliphatic hydroxyl groups is 1. The first kappa shape index (κ1) is 20.2.